The number of aryl methyl sites for hydroxylation is 2. The van der Waals surface area contributed by atoms with E-state index in [0.29, 0.717) is 15.8 Å². The molecule has 90 valence electrons. The SMILES string of the molecule is Cc1sc2c(c1CC(N)=O)c(=O)[nH]c(=O)n2C. The van der Waals surface area contributed by atoms with Crippen molar-refractivity contribution in [3.05, 3.63) is 31.3 Å². The van der Waals surface area contributed by atoms with Gasteiger partial charge in [-0.15, -0.1) is 11.3 Å². The topological polar surface area (TPSA) is 98.0 Å². The first-order valence-electron chi connectivity index (χ1n) is 4.91. The summed E-state index contributed by atoms with van der Waals surface area (Å²) in [7, 11) is 1.57. The Morgan fingerprint density at radius 3 is 2.71 bits per heavy atom. The number of hydrogen-bond acceptors (Lipinski definition) is 4. The minimum Gasteiger partial charge on any atom is -0.369 e. The zero-order chi connectivity index (χ0) is 12.7. The summed E-state index contributed by atoms with van der Waals surface area (Å²) in [5, 5.41) is 0.383. The van der Waals surface area contributed by atoms with E-state index in [1.54, 1.807) is 14.0 Å². The summed E-state index contributed by atoms with van der Waals surface area (Å²) in [6.45, 7) is 1.80. The van der Waals surface area contributed by atoms with E-state index in [9.17, 15) is 14.4 Å². The summed E-state index contributed by atoms with van der Waals surface area (Å²) in [6.07, 6.45) is 0.00706. The van der Waals surface area contributed by atoms with Crippen molar-refractivity contribution in [3.63, 3.8) is 0 Å². The van der Waals surface area contributed by atoms with Crippen LogP contribution >= 0.6 is 11.3 Å². The maximum atomic E-state index is 11.8. The molecule has 3 N–H and O–H groups in total. The van der Waals surface area contributed by atoms with Crippen LogP contribution in [0.2, 0.25) is 0 Å². The minimum atomic E-state index is -0.499. The minimum absolute atomic E-state index is 0.00706. The van der Waals surface area contributed by atoms with Gasteiger partial charge >= 0.3 is 5.69 Å². The van der Waals surface area contributed by atoms with Crippen LogP contribution in [0.4, 0.5) is 0 Å². The Morgan fingerprint density at radius 2 is 2.12 bits per heavy atom. The second-order valence-corrected chi connectivity index (χ2v) is 4.98. The first kappa shape index (κ1) is 11.6. The van der Waals surface area contributed by atoms with E-state index in [1.807, 2.05) is 0 Å². The van der Waals surface area contributed by atoms with Gasteiger partial charge in [0.15, 0.2) is 0 Å². The van der Waals surface area contributed by atoms with Gasteiger partial charge in [-0.3, -0.25) is 19.1 Å². The van der Waals surface area contributed by atoms with Crippen LogP contribution < -0.4 is 17.0 Å². The number of aromatic nitrogens is 2. The molecule has 0 fully saturated rings. The molecule has 0 unspecified atom stereocenters. The van der Waals surface area contributed by atoms with E-state index in [2.05, 4.69) is 4.98 Å². The van der Waals surface area contributed by atoms with Crippen LogP contribution in [-0.2, 0) is 18.3 Å². The van der Waals surface area contributed by atoms with Gasteiger partial charge in [-0.25, -0.2) is 4.79 Å². The number of nitrogens with zero attached hydrogens (tertiary/aromatic N) is 1. The van der Waals surface area contributed by atoms with Crippen molar-refractivity contribution >= 4 is 27.5 Å². The van der Waals surface area contributed by atoms with Crippen molar-refractivity contribution in [2.24, 2.45) is 12.8 Å². The number of primary amides is 1. The van der Waals surface area contributed by atoms with Crippen molar-refractivity contribution in [1.29, 1.82) is 0 Å². The molecular weight excluding hydrogens is 242 g/mol. The number of carbonyl (C=O) groups is 1. The molecule has 0 radical (unpaired) electrons. The number of amides is 1. The highest BCUT2D eigenvalue weighted by molar-refractivity contribution is 7.18. The molecule has 0 aliphatic heterocycles. The molecule has 1 amide bonds. The number of thiophene rings is 1. The van der Waals surface area contributed by atoms with Crippen LogP contribution in [0.3, 0.4) is 0 Å². The first-order chi connectivity index (χ1) is 7.91. The van der Waals surface area contributed by atoms with Crippen molar-refractivity contribution in [1.82, 2.24) is 9.55 Å². The lowest BCUT2D eigenvalue weighted by Gasteiger charge is -1.99. The average Bonchev–Trinajstić information content (AvgIpc) is 2.53. The van der Waals surface area contributed by atoms with Gasteiger partial charge in [-0.2, -0.15) is 0 Å². The average molecular weight is 253 g/mol. The fraction of sp³-hybridized carbons (Fsp3) is 0.300. The fourth-order valence-corrected chi connectivity index (χ4v) is 2.88. The molecule has 0 bridgehead atoms. The first-order valence-corrected chi connectivity index (χ1v) is 5.73. The molecule has 0 atom stereocenters. The molecule has 0 aliphatic rings. The van der Waals surface area contributed by atoms with Gasteiger partial charge in [0, 0.05) is 11.9 Å². The van der Waals surface area contributed by atoms with Crippen molar-refractivity contribution in [2.45, 2.75) is 13.3 Å². The van der Waals surface area contributed by atoms with E-state index in [1.165, 1.54) is 15.9 Å². The van der Waals surface area contributed by atoms with Crippen molar-refractivity contribution in [3.8, 4) is 0 Å². The van der Waals surface area contributed by atoms with Gasteiger partial charge < -0.3 is 5.73 Å². The van der Waals surface area contributed by atoms with Crippen molar-refractivity contribution in [2.75, 3.05) is 0 Å². The molecule has 7 heteroatoms. The molecule has 2 aromatic heterocycles. The number of hydrogen-bond donors (Lipinski definition) is 2. The molecule has 0 aliphatic carbocycles. The number of H-pyrrole nitrogens is 1. The maximum absolute atomic E-state index is 11.8. The van der Waals surface area contributed by atoms with Gasteiger partial charge in [0.2, 0.25) is 5.91 Å². The molecular formula is C10H11N3O3S. The summed E-state index contributed by atoms with van der Waals surface area (Å²) in [4.78, 5) is 37.7. The van der Waals surface area contributed by atoms with Crippen LogP contribution in [0.25, 0.3) is 10.2 Å². The number of carbonyl (C=O) groups excluding carboxylic acids is 1. The second kappa shape index (κ2) is 3.85. The Kier molecular flexibility index (Phi) is 2.62. The quantitative estimate of drug-likeness (QED) is 0.763. The van der Waals surface area contributed by atoms with E-state index in [-0.39, 0.29) is 6.42 Å². The summed E-state index contributed by atoms with van der Waals surface area (Å²) < 4.78 is 1.36. The predicted molar refractivity (Wildman–Crippen MR) is 65.3 cm³/mol. The summed E-state index contributed by atoms with van der Waals surface area (Å²) in [5.74, 6) is -0.499. The monoisotopic (exact) mass is 253 g/mol. The van der Waals surface area contributed by atoms with Gasteiger partial charge in [0.05, 0.1) is 11.8 Å². The highest BCUT2D eigenvalue weighted by atomic mass is 32.1. The number of fused-ring (bicyclic) bond motifs is 1. The maximum Gasteiger partial charge on any atom is 0.329 e. The zero-order valence-corrected chi connectivity index (χ0v) is 10.2. The standard InChI is InChI=1S/C10H11N3O3S/c1-4-5(3-6(11)14)7-8(15)12-10(16)13(2)9(7)17-4/h3H2,1-2H3,(H2,11,14)(H,12,15,16). The third kappa shape index (κ3) is 1.78. The van der Waals surface area contributed by atoms with Gasteiger partial charge in [0.25, 0.3) is 5.56 Å². The second-order valence-electron chi connectivity index (χ2n) is 3.78. The molecule has 0 saturated carbocycles. The Morgan fingerprint density at radius 1 is 1.47 bits per heavy atom. The Labute approximate surface area is 99.7 Å². The Bertz CT molecular complexity index is 723. The molecule has 0 aromatic carbocycles. The van der Waals surface area contributed by atoms with Crippen LogP contribution in [0, 0.1) is 6.92 Å². The van der Waals surface area contributed by atoms with Crippen LogP contribution in [0.5, 0.6) is 0 Å². The smallest absolute Gasteiger partial charge is 0.329 e. The number of rotatable bonds is 2. The Hall–Kier alpha value is -1.89. The molecule has 0 spiro atoms. The third-order valence-corrected chi connectivity index (χ3v) is 3.82. The van der Waals surface area contributed by atoms with Gasteiger partial charge in [-0.1, -0.05) is 0 Å². The summed E-state index contributed by atoms with van der Waals surface area (Å²) in [5.41, 5.74) is 4.82. The molecule has 2 rings (SSSR count). The van der Waals surface area contributed by atoms with E-state index >= 15 is 0 Å². The van der Waals surface area contributed by atoms with Gasteiger partial charge in [-0.05, 0) is 12.5 Å². The number of nitrogens with two attached hydrogens (primary N) is 1. The van der Waals surface area contributed by atoms with E-state index in [4.69, 9.17) is 5.73 Å². The highest BCUT2D eigenvalue weighted by Gasteiger charge is 2.16. The molecule has 2 heterocycles. The molecule has 17 heavy (non-hydrogen) atoms. The lowest BCUT2D eigenvalue weighted by atomic mass is 10.1. The normalized spacial score (nSPS) is 10.9. The summed E-state index contributed by atoms with van der Waals surface area (Å²) >= 11 is 1.31. The lowest BCUT2D eigenvalue weighted by Crippen LogP contribution is -2.28. The number of aromatic amines is 1. The largest absolute Gasteiger partial charge is 0.369 e. The van der Waals surface area contributed by atoms with E-state index in [0.717, 1.165) is 4.88 Å². The van der Waals surface area contributed by atoms with Crippen LogP contribution in [0.15, 0.2) is 9.59 Å². The predicted octanol–water partition coefficient (Wildman–Crippen LogP) is -0.375. The van der Waals surface area contributed by atoms with E-state index < -0.39 is 17.2 Å². The Balaban J connectivity index is 2.92. The highest BCUT2D eigenvalue weighted by Crippen LogP contribution is 2.27. The molecule has 2 aromatic rings. The number of nitrogens with one attached hydrogen (secondary N) is 1. The van der Waals surface area contributed by atoms with Gasteiger partial charge in [0.1, 0.15) is 4.83 Å². The van der Waals surface area contributed by atoms with Crippen LogP contribution in [0.1, 0.15) is 10.4 Å². The third-order valence-electron chi connectivity index (χ3n) is 2.60. The lowest BCUT2D eigenvalue weighted by molar-refractivity contribution is -0.117. The summed E-state index contributed by atoms with van der Waals surface area (Å²) in [6, 6.07) is 0. The molecule has 0 saturated heterocycles. The molecule has 6 nitrogen and oxygen atoms in total. The fourth-order valence-electron chi connectivity index (χ4n) is 1.76. The zero-order valence-electron chi connectivity index (χ0n) is 9.36. The van der Waals surface area contributed by atoms with Crippen molar-refractivity contribution < 1.29 is 4.79 Å². The van der Waals surface area contributed by atoms with Crippen LogP contribution in [-0.4, -0.2) is 15.5 Å².